The predicted octanol–water partition coefficient (Wildman–Crippen LogP) is 5.90. The van der Waals surface area contributed by atoms with Crippen molar-refractivity contribution in [1.82, 2.24) is 4.98 Å². The summed E-state index contributed by atoms with van der Waals surface area (Å²) in [4.78, 5) is 4.75. The van der Waals surface area contributed by atoms with Gasteiger partial charge >= 0.3 is 15.5 Å². The Bertz CT molecular complexity index is 1340. The molecule has 0 spiro atoms. The van der Waals surface area contributed by atoms with E-state index in [9.17, 15) is 21.6 Å². The van der Waals surface area contributed by atoms with E-state index in [1.807, 2.05) is 42.5 Å². The molecule has 0 aliphatic heterocycles. The number of rotatable bonds is 5. The van der Waals surface area contributed by atoms with Gasteiger partial charge in [-0.1, -0.05) is 53.8 Å². The number of alkyl halides is 3. The molecule has 4 rings (SSSR count). The van der Waals surface area contributed by atoms with E-state index in [1.165, 1.54) is 7.11 Å². The van der Waals surface area contributed by atoms with Crippen LogP contribution in [-0.2, 0) is 10.0 Å². The summed E-state index contributed by atoms with van der Waals surface area (Å²) in [5.41, 5.74) is -3.74. The Morgan fingerprint density at radius 3 is 2.32 bits per heavy atom. The van der Waals surface area contributed by atoms with Gasteiger partial charge in [0.1, 0.15) is 5.75 Å². The number of halogens is 3. The first-order valence-electron chi connectivity index (χ1n) is 8.92. The van der Waals surface area contributed by atoms with Gasteiger partial charge in [0.25, 0.3) is 0 Å². The van der Waals surface area contributed by atoms with Crippen LogP contribution in [0.2, 0.25) is 0 Å². The number of aromatic nitrogens is 1. The highest BCUT2D eigenvalue weighted by atomic mass is 32.2. The lowest BCUT2D eigenvalue weighted by molar-refractivity contribution is -0.0429. The summed E-state index contributed by atoms with van der Waals surface area (Å²) in [5, 5.41) is 1.44. The summed E-state index contributed by atoms with van der Waals surface area (Å²) in [6, 6.07) is 19.9. The maximum absolute atomic E-state index is 12.9. The molecular formula is C21H15F3N2O3S2. The zero-order chi connectivity index (χ0) is 22.2. The SMILES string of the molecule is COc1ccc(-c2nc(NS(=O)(=O)C(F)(F)F)sc2-c2cccc3ccccc23)cc1. The number of nitrogens with zero attached hydrogens (tertiary/aromatic N) is 1. The Hall–Kier alpha value is -3.11. The summed E-state index contributed by atoms with van der Waals surface area (Å²) in [7, 11) is -4.08. The number of ether oxygens (including phenoxy) is 1. The molecule has 160 valence electrons. The fourth-order valence-electron chi connectivity index (χ4n) is 3.09. The smallest absolute Gasteiger partial charge is 0.497 e. The van der Waals surface area contributed by atoms with E-state index < -0.39 is 15.5 Å². The minimum Gasteiger partial charge on any atom is -0.497 e. The van der Waals surface area contributed by atoms with Gasteiger partial charge in [0.05, 0.1) is 17.7 Å². The fraction of sp³-hybridized carbons (Fsp3) is 0.0952. The fourth-order valence-corrected chi connectivity index (χ4v) is 4.85. The zero-order valence-electron chi connectivity index (χ0n) is 16.0. The Morgan fingerprint density at radius 2 is 1.65 bits per heavy atom. The van der Waals surface area contributed by atoms with Crippen LogP contribution in [-0.4, -0.2) is 26.0 Å². The van der Waals surface area contributed by atoms with E-state index in [4.69, 9.17) is 4.74 Å². The molecule has 5 nitrogen and oxygen atoms in total. The van der Waals surface area contributed by atoms with Crippen LogP contribution in [0.1, 0.15) is 0 Å². The van der Waals surface area contributed by atoms with Gasteiger partial charge in [0.2, 0.25) is 0 Å². The standard InChI is InChI=1S/C21H15F3N2O3S2/c1-29-15-11-9-14(10-12-15)18-19(17-8-4-6-13-5-2-3-7-16(13)17)30-20(25-18)26-31(27,28)21(22,23)24/h2-12H,1H3,(H,25,26). The van der Waals surface area contributed by atoms with Crippen molar-refractivity contribution in [2.45, 2.75) is 5.51 Å². The van der Waals surface area contributed by atoms with Gasteiger partial charge in [0, 0.05) is 11.1 Å². The number of anilines is 1. The second-order valence-electron chi connectivity index (χ2n) is 6.50. The maximum atomic E-state index is 12.9. The molecule has 0 saturated carbocycles. The van der Waals surface area contributed by atoms with Crippen molar-refractivity contribution in [2.24, 2.45) is 0 Å². The first kappa shape index (κ1) is 21.1. The average molecular weight is 464 g/mol. The molecule has 0 aliphatic rings. The van der Waals surface area contributed by atoms with E-state index in [0.717, 1.165) is 27.7 Å². The third kappa shape index (κ3) is 4.08. The largest absolute Gasteiger partial charge is 0.516 e. The third-order valence-electron chi connectivity index (χ3n) is 4.55. The summed E-state index contributed by atoms with van der Waals surface area (Å²) in [6.45, 7) is 0. The number of hydrogen-bond acceptors (Lipinski definition) is 5. The molecule has 1 aromatic heterocycles. The van der Waals surface area contributed by atoms with Crippen LogP contribution in [0.3, 0.4) is 0 Å². The Labute approximate surface area is 180 Å². The average Bonchev–Trinajstić information content (AvgIpc) is 3.15. The summed E-state index contributed by atoms with van der Waals surface area (Å²) < 4.78 is 68.6. The van der Waals surface area contributed by atoms with E-state index in [0.29, 0.717) is 21.9 Å². The molecule has 0 fully saturated rings. The van der Waals surface area contributed by atoms with Gasteiger partial charge in [-0.05, 0) is 35.0 Å². The Balaban J connectivity index is 1.91. The number of sulfonamides is 1. The van der Waals surface area contributed by atoms with Crippen molar-refractivity contribution < 1.29 is 26.3 Å². The Morgan fingerprint density at radius 1 is 0.968 bits per heavy atom. The van der Waals surface area contributed by atoms with Crippen molar-refractivity contribution >= 4 is 37.3 Å². The molecule has 3 aromatic carbocycles. The van der Waals surface area contributed by atoms with Crippen molar-refractivity contribution in [3.05, 3.63) is 66.7 Å². The van der Waals surface area contributed by atoms with E-state index in [-0.39, 0.29) is 5.13 Å². The highest BCUT2D eigenvalue weighted by Crippen LogP contribution is 2.43. The van der Waals surface area contributed by atoms with Crippen LogP contribution >= 0.6 is 11.3 Å². The molecule has 0 aliphatic carbocycles. The summed E-state index contributed by atoms with van der Waals surface area (Å²) in [5.74, 6) is 0.601. The molecular weight excluding hydrogens is 449 g/mol. The van der Waals surface area contributed by atoms with Crippen molar-refractivity contribution in [1.29, 1.82) is 0 Å². The minimum atomic E-state index is -5.59. The molecule has 0 unspecified atom stereocenters. The van der Waals surface area contributed by atoms with Crippen LogP contribution < -0.4 is 9.46 Å². The highest BCUT2D eigenvalue weighted by molar-refractivity contribution is 7.93. The summed E-state index contributed by atoms with van der Waals surface area (Å²) >= 11 is 0.843. The monoisotopic (exact) mass is 464 g/mol. The van der Waals surface area contributed by atoms with E-state index >= 15 is 0 Å². The normalized spacial score (nSPS) is 12.1. The second-order valence-corrected chi connectivity index (χ2v) is 9.18. The predicted molar refractivity (Wildman–Crippen MR) is 116 cm³/mol. The quantitative estimate of drug-likeness (QED) is 0.399. The molecule has 4 aromatic rings. The van der Waals surface area contributed by atoms with Crippen LogP contribution in [0.15, 0.2) is 66.7 Å². The van der Waals surface area contributed by atoms with Crippen molar-refractivity contribution in [3.8, 4) is 27.4 Å². The van der Waals surface area contributed by atoms with Crippen LogP contribution in [0, 0.1) is 0 Å². The van der Waals surface area contributed by atoms with Gasteiger partial charge < -0.3 is 4.74 Å². The first-order chi connectivity index (χ1) is 14.7. The van der Waals surface area contributed by atoms with Crippen LogP contribution in [0.5, 0.6) is 5.75 Å². The molecule has 1 heterocycles. The van der Waals surface area contributed by atoms with Gasteiger partial charge in [-0.2, -0.15) is 21.6 Å². The summed E-state index contributed by atoms with van der Waals surface area (Å²) in [6.07, 6.45) is 0. The van der Waals surface area contributed by atoms with Crippen LogP contribution in [0.4, 0.5) is 18.3 Å². The van der Waals surface area contributed by atoms with Gasteiger partial charge in [-0.15, -0.1) is 0 Å². The number of thiazole rings is 1. The molecule has 0 bridgehead atoms. The third-order valence-corrected chi connectivity index (χ3v) is 6.76. The molecule has 0 amide bonds. The first-order valence-corrected chi connectivity index (χ1v) is 11.2. The lowest BCUT2D eigenvalue weighted by Crippen LogP contribution is -2.29. The van der Waals surface area contributed by atoms with Crippen molar-refractivity contribution in [2.75, 3.05) is 11.8 Å². The lowest BCUT2D eigenvalue weighted by atomic mass is 10.0. The number of fused-ring (bicyclic) bond motifs is 1. The second kappa shape index (κ2) is 7.86. The molecule has 0 saturated heterocycles. The minimum absolute atomic E-state index is 0.365. The van der Waals surface area contributed by atoms with Gasteiger partial charge in [0.15, 0.2) is 5.13 Å². The maximum Gasteiger partial charge on any atom is 0.516 e. The zero-order valence-corrected chi connectivity index (χ0v) is 17.6. The Kier molecular flexibility index (Phi) is 5.36. The van der Waals surface area contributed by atoms with Crippen molar-refractivity contribution in [3.63, 3.8) is 0 Å². The topological polar surface area (TPSA) is 68.3 Å². The number of benzene rings is 3. The number of nitrogens with one attached hydrogen (secondary N) is 1. The molecule has 1 N–H and O–H groups in total. The lowest BCUT2D eigenvalue weighted by Gasteiger charge is -2.07. The highest BCUT2D eigenvalue weighted by Gasteiger charge is 2.46. The number of hydrogen-bond donors (Lipinski definition) is 1. The molecule has 0 atom stereocenters. The van der Waals surface area contributed by atoms with Gasteiger partial charge in [-0.3, -0.25) is 4.72 Å². The number of methoxy groups -OCH3 is 1. The molecule has 31 heavy (non-hydrogen) atoms. The molecule has 10 heteroatoms. The van der Waals surface area contributed by atoms with E-state index in [1.54, 1.807) is 29.0 Å². The van der Waals surface area contributed by atoms with E-state index in [2.05, 4.69) is 4.98 Å². The molecule has 0 radical (unpaired) electrons. The van der Waals surface area contributed by atoms with Gasteiger partial charge in [-0.25, -0.2) is 4.98 Å². The van der Waals surface area contributed by atoms with Crippen LogP contribution in [0.25, 0.3) is 32.5 Å².